The smallest absolute Gasteiger partial charge is 0.264 e. The van der Waals surface area contributed by atoms with E-state index in [2.05, 4.69) is 0 Å². The van der Waals surface area contributed by atoms with E-state index in [1.807, 2.05) is 0 Å². The summed E-state index contributed by atoms with van der Waals surface area (Å²) in [6, 6.07) is 13.1. The number of phenols is 1. The van der Waals surface area contributed by atoms with Crippen LogP contribution >= 0.6 is 0 Å². The maximum Gasteiger partial charge on any atom is 0.264 e. The third-order valence-corrected chi connectivity index (χ3v) is 5.13. The fourth-order valence-corrected chi connectivity index (χ4v) is 3.80. The quantitative estimate of drug-likeness (QED) is 0.942. The van der Waals surface area contributed by atoms with Gasteiger partial charge in [-0.05, 0) is 37.6 Å². The summed E-state index contributed by atoms with van der Waals surface area (Å²) < 4.78 is 26.8. The molecule has 0 aliphatic heterocycles. The van der Waals surface area contributed by atoms with Crippen molar-refractivity contribution in [2.75, 3.05) is 10.8 Å². The standard InChI is InChI=1S/C15H17NO3S/c1-3-16(13-8-6-9-14(17)11-13)20(18,19)15-10-5-4-7-12(15)2/h4-11,17H,3H2,1-2H3. The molecular weight excluding hydrogens is 274 g/mol. The molecule has 0 saturated carbocycles. The SMILES string of the molecule is CCN(c1cccc(O)c1)S(=O)(=O)c1ccccc1C. The van der Waals surface area contributed by atoms with Crippen LogP contribution in [0.3, 0.4) is 0 Å². The first-order valence-corrected chi connectivity index (χ1v) is 7.78. The molecule has 0 unspecified atom stereocenters. The maximum atomic E-state index is 12.7. The number of hydrogen-bond acceptors (Lipinski definition) is 3. The largest absolute Gasteiger partial charge is 0.508 e. The van der Waals surface area contributed by atoms with Crippen molar-refractivity contribution in [1.82, 2.24) is 0 Å². The molecule has 1 N–H and O–H groups in total. The van der Waals surface area contributed by atoms with E-state index in [0.717, 1.165) is 0 Å². The number of phenolic OH excluding ortho intramolecular Hbond substituents is 1. The number of anilines is 1. The number of aryl methyl sites for hydroxylation is 1. The highest BCUT2D eigenvalue weighted by Crippen LogP contribution is 2.27. The number of aromatic hydroxyl groups is 1. The van der Waals surface area contributed by atoms with Crippen molar-refractivity contribution in [2.24, 2.45) is 0 Å². The van der Waals surface area contributed by atoms with Gasteiger partial charge < -0.3 is 5.11 Å². The first-order valence-electron chi connectivity index (χ1n) is 6.34. The van der Waals surface area contributed by atoms with Gasteiger partial charge in [0.15, 0.2) is 0 Å². The minimum Gasteiger partial charge on any atom is -0.508 e. The van der Waals surface area contributed by atoms with Crippen molar-refractivity contribution in [3.63, 3.8) is 0 Å². The molecule has 0 radical (unpaired) electrons. The molecule has 2 rings (SSSR count). The second kappa shape index (κ2) is 5.54. The summed E-state index contributed by atoms with van der Waals surface area (Å²) in [5.74, 6) is 0.0425. The van der Waals surface area contributed by atoms with Gasteiger partial charge in [-0.3, -0.25) is 4.31 Å². The van der Waals surface area contributed by atoms with Gasteiger partial charge in [0.1, 0.15) is 5.75 Å². The van der Waals surface area contributed by atoms with Gasteiger partial charge in [0.25, 0.3) is 10.0 Å². The van der Waals surface area contributed by atoms with Crippen LogP contribution in [-0.2, 0) is 10.0 Å². The molecule has 0 aromatic heterocycles. The van der Waals surface area contributed by atoms with E-state index in [1.165, 1.54) is 16.4 Å². The summed E-state index contributed by atoms with van der Waals surface area (Å²) in [6.07, 6.45) is 0. The normalized spacial score (nSPS) is 11.3. The molecule has 5 heteroatoms. The summed E-state index contributed by atoms with van der Waals surface area (Å²) >= 11 is 0. The molecule has 0 bridgehead atoms. The Balaban J connectivity index is 2.54. The van der Waals surface area contributed by atoms with Gasteiger partial charge in [-0.1, -0.05) is 24.3 Å². The lowest BCUT2D eigenvalue weighted by Crippen LogP contribution is -2.31. The summed E-state index contributed by atoms with van der Waals surface area (Å²) in [7, 11) is -3.63. The van der Waals surface area contributed by atoms with E-state index in [4.69, 9.17) is 0 Å². The van der Waals surface area contributed by atoms with Gasteiger partial charge in [-0.2, -0.15) is 0 Å². The molecule has 20 heavy (non-hydrogen) atoms. The van der Waals surface area contributed by atoms with E-state index >= 15 is 0 Å². The summed E-state index contributed by atoms with van der Waals surface area (Å²) in [4.78, 5) is 0.283. The summed E-state index contributed by atoms with van der Waals surface area (Å²) in [5, 5.41) is 9.53. The topological polar surface area (TPSA) is 57.6 Å². The Morgan fingerprint density at radius 3 is 2.40 bits per heavy atom. The van der Waals surface area contributed by atoms with Crippen molar-refractivity contribution in [3.05, 3.63) is 54.1 Å². The summed E-state index contributed by atoms with van der Waals surface area (Å²) in [5.41, 5.74) is 1.15. The van der Waals surface area contributed by atoms with Crippen LogP contribution in [0.25, 0.3) is 0 Å². The Labute approximate surface area is 119 Å². The van der Waals surface area contributed by atoms with E-state index in [1.54, 1.807) is 50.2 Å². The van der Waals surface area contributed by atoms with Crippen LogP contribution in [0.2, 0.25) is 0 Å². The van der Waals surface area contributed by atoms with E-state index < -0.39 is 10.0 Å². The Hall–Kier alpha value is -2.01. The third-order valence-electron chi connectivity index (χ3n) is 3.07. The molecule has 2 aromatic carbocycles. The van der Waals surface area contributed by atoms with Crippen LogP contribution in [0.4, 0.5) is 5.69 Å². The number of nitrogens with zero attached hydrogens (tertiary/aromatic N) is 1. The molecule has 0 spiro atoms. The fraction of sp³-hybridized carbons (Fsp3) is 0.200. The molecule has 2 aromatic rings. The van der Waals surface area contributed by atoms with E-state index in [-0.39, 0.29) is 10.6 Å². The van der Waals surface area contributed by atoms with Gasteiger partial charge >= 0.3 is 0 Å². The zero-order valence-corrected chi connectivity index (χ0v) is 12.3. The highest BCUT2D eigenvalue weighted by Gasteiger charge is 2.25. The van der Waals surface area contributed by atoms with E-state index in [9.17, 15) is 13.5 Å². The van der Waals surface area contributed by atoms with Crippen LogP contribution in [-0.4, -0.2) is 20.1 Å². The van der Waals surface area contributed by atoms with Crippen molar-refractivity contribution < 1.29 is 13.5 Å². The predicted molar refractivity (Wildman–Crippen MR) is 79.5 cm³/mol. The molecule has 4 nitrogen and oxygen atoms in total. The van der Waals surface area contributed by atoms with Gasteiger partial charge in [0.05, 0.1) is 10.6 Å². The Morgan fingerprint density at radius 2 is 1.80 bits per heavy atom. The van der Waals surface area contributed by atoms with E-state index in [0.29, 0.717) is 17.8 Å². The zero-order chi connectivity index (χ0) is 14.8. The van der Waals surface area contributed by atoms with Gasteiger partial charge in [-0.15, -0.1) is 0 Å². The van der Waals surface area contributed by atoms with Gasteiger partial charge in [0, 0.05) is 12.6 Å². The highest BCUT2D eigenvalue weighted by atomic mass is 32.2. The second-order valence-electron chi connectivity index (χ2n) is 4.46. The van der Waals surface area contributed by atoms with Gasteiger partial charge in [0.2, 0.25) is 0 Å². The maximum absolute atomic E-state index is 12.7. The number of hydrogen-bond donors (Lipinski definition) is 1. The molecular formula is C15H17NO3S. The Kier molecular flexibility index (Phi) is 3.99. The predicted octanol–water partition coefficient (Wildman–Crippen LogP) is 2.92. The lowest BCUT2D eigenvalue weighted by Gasteiger charge is -2.23. The molecule has 0 amide bonds. The lowest BCUT2D eigenvalue weighted by molar-refractivity contribution is 0.475. The number of benzene rings is 2. The van der Waals surface area contributed by atoms with Crippen LogP contribution in [0.15, 0.2) is 53.4 Å². The molecule has 0 atom stereocenters. The van der Waals surface area contributed by atoms with Crippen molar-refractivity contribution >= 4 is 15.7 Å². The number of rotatable bonds is 4. The summed E-state index contributed by atoms with van der Waals surface area (Å²) in [6.45, 7) is 3.82. The Bertz CT molecular complexity index is 711. The van der Waals surface area contributed by atoms with Crippen LogP contribution in [0, 0.1) is 6.92 Å². The highest BCUT2D eigenvalue weighted by molar-refractivity contribution is 7.92. The van der Waals surface area contributed by atoms with Crippen LogP contribution < -0.4 is 4.31 Å². The van der Waals surface area contributed by atoms with Gasteiger partial charge in [-0.25, -0.2) is 8.42 Å². The molecule has 0 aliphatic rings. The first-order chi connectivity index (χ1) is 9.46. The van der Waals surface area contributed by atoms with Crippen LogP contribution in [0.1, 0.15) is 12.5 Å². The molecule has 0 heterocycles. The monoisotopic (exact) mass is 291 g/mol. The lowest BCUT2D eigenvalue weighted by atomic mass is 10.2. The molecule has 0 aliphatic carbocycles. The zero-order valence-electron chi connectivity index (χ0n) is 11.4. The minimum absolute atomic E-state index is 0.0425. The first kappa shape index (κ1) is 14.4. The Morgan fingerprint density at radius 1 is 1.10 bits per heavy atom. The van der Waals surface area contributed by atoms with Crippen LogP contribution in [0.5, 0.6) is 5.75 Å². The average Bonchev–Trinajstić information content (AvgIpc) is 2.39. The fourth-order valence-electron chi connectivity index (χ4n) is 2.10. The second-order valence-corrected chi connectivity index (χ2v) is 6.29. The molecule has 0 fully saturated rings. The van der Waals surface area contributed by atoms with Crippen molar-refractivity contribution in [2.45, 2.75) is 18.7 Å². The molecule has 106 valence electrons. The third kappa shape index (κ3) is 2.63. The minimum atomic E-state index is -3.63. The van der Waals surface area contributed by atoms with Crippen molar-refractivity contribution in [1.29, 1.82) is 0 Å². The average molecular weight is 291 g/mol. The number of sulfonamides is 1. The molecule has 0 saturated heterocycles. The van der Waals surface area contributed by atoms with Crippen molar-refractivity contribution in [3.8, 4) is 5.75 Å².